The van der Waals surface area contributed by atoms with Crippen LogP contribution >= 0.6 is 0 Å². The molecule has 2 aromatic rings. The first-order valence-electron chi connectivity index (χ1n) is 12.3. The lowest BCUT2D eigenvalue weighted by atomic mass is 9.98. The highest BCUT2D eigenvalue weighted by Gasteiger charge is 2.36. The van der Waals surface area contributed by atoms with Gasteiger partial charge in [-0.2, -0.15) is 9.40 Å². The molecule has 1 atom stereocenters. The summed E-state index contributed by atoms with van der Waals surface area (Å²) in [4.78, 5) is 27.5. The number of carbonyl (C=O) groups is 2. The normalized spacial score (nSPS) is 19.2. The van der Waals surface area contributed by atoms with Crippen molar-refractivity contribution < 1.29 is 18.0 Å². The maximum atomic E-state index is 13.6. The van der Waals surface area contributed by atoms with Gasteiger partial charge in [0.1, 0.15) is 11.4 Å². The molecule has 35 heavy (non-hydrogen) atoms. The molecule has 1 aromatic heterocycles. The molecule has 10 heteroatoms. The van der Waals surface area contributed by atoms with Crippen molar-refractivity contribution in [2.45, 2.75) is 64.8 Å². The fraction of sp³-hybridized carbons (Fsp3) is 0.560. The Morgan fingerprint density at radius 1 is 1.00 bits per heavy atom. The van der Waals surface area contributed by atoms with Gasteiger partial charge in [0.05, 0.1) is 17.3 Å². The molecule has 1 aromatic carbocycles. The number of anilines is 1. The van der Waals surface area contributed by atoms with E-state index in [0.29, 0.717) is 30.8 Å². The number of hydrogen-bond donors (Lipinski definition) is 1. The number of piperidine rings is 1. The minimum absolute atomic E-state index is 0.0309. The molecule has 2 amide bonds. The van der Waals surface area contributed by atoms with Crippen LogP contribution in [0.4, 0.5) is 5.69 Å². The lowest BCUT2D eigenvalue weighted by Crippen LogP contribution is -2.44. The largest absolute Gasteiger partial charge is 0.341 e. The van der Waals surface area contributed by atoms with Crippen LogP contribution in [0.1, 0.15) is 48.2 Å². The maximum absolute atomic E-state index is 13.6. The molecule has 0 bridgehead atoms. The molecule has 1 N–H and O–H groups in total. The Labute approximate surface area is 207 Å². The van der Waals surface area contributed by atoms with Crippen LogP contribution in [-0.2, 0) is 26.2 Å². The second-order valence-corrected chi connectivity index (χ2v) is 11.7. The Bertz CT molecular complexity index is 1210. The summed E-state index contributed by atoms with van der Waals surface area (Å²) in [5.74, 6) is -0.653. The topological polar surface area (TPSA) is 105 Å². The summed E-state index contributed by atoms with van der Waals surface area (Å²) >= 11 is 0. The van der Waals surface area contributed by atoms with Gasteiger partial charge < -0.3 is 10.2 Å². The van der Waals surface area contributed by atoms with Crippen LogP contribution in [0.3, 0.4) is 0 Å². The Hall–Kier alpha value is -2.72. The SMILES string of the molecule is Cc1cc(C)cc(NC(=O)[C@@H]2CCCN(S(=O)(=O)c3c(C)nn(CC(=O)N4CCCC4)c3C)C2)c1. The molecule has 9 nitrogen and oxygen atoms in total. The fourth-order valence-corrected chi connectivity index (χ4v) is 7.09. The number of sulfonamides is 1. The van der Waals surface area contributed by atoms with Gasteiger partial charge >= 0.3 is 0 Å². The van der Waals surface area contributed by atoms with Crippen LogP contribution in [0, 0.1) is 33.6 Å². The quantitative estimate of drug-likeness (QED) is 0.655. The van der Waals surface area contributed by atoms with Gasteiger partial charge in [-0.05, 0) is 76.6 Å². The summed E-state index contributed by atoms with van der Waals surface area (Å²) in [5, 5.41) is 7.35. The number of aromatic nitrogens is 2. The number of rotatable bonds is 6. The van der Waals surface area contributed by atoms with Gasteiger partial charge in [0.2, 0.25) is 21.8 Å². The van der Waals surface area contributed by atoms with Crippen molar-refractivity contribution in [3.63, 3.8) is 0 Å². The molecule has 190 valence electrons. The summed E-state index contributed by atoms with van der Waals surface area (Å²) in [6.45, 7) is 9.28. The van der Waals surface area contributed by atoms with E-state index in [1.54, 1.807) is 18.7 Å². The molecule has 0 spiro atoms. The number of amides is 2. The minimum Gasteiger partial charge on any atom is -0.341 e. The molecule has 0 radical (unpaired) electrons. The molecule has 0 aliphatic carbocycles. The van der Waals surface area contributed by atoms with Crippen LogP contribution in [0.25, 0.3) is 0 Å². The smallest absolute Gasteiger partial charge is 0.246 e. The Balaban J connectivity index is 1.49. The highest BCUT2D eigenvalue weighted by Crippen LogP contribution is 2.29. The second kappa shape index (κ2) is 10.1. The van der Waals surface area contributed by atoms with E-state index in [4.69, 9.17) is 0 Å². The van der Waals surface area contributed by atoms with Gasteiger partial charge in [-0.3, -0.25) is 14.3 Å². The summed E-state index contributed by atoms with van der Waals surface area (Å²) in [6, 6.07) is 5.85. The van der Waals surface area contributed by atoms with Crippen molar-refractivity contribution in [2.75, 3.05) is 31.5 Å². The van der Waals surface area contributed by atoms with Crippen molar-refractivity contribution in [3.05, 3.63) is 40.7 Å². The molecular weight excluding hydrogens is 466 g/mol. The van der Waals surface area contributed by atoms with Gasteiger partial charge in [-0.25, -0.2) is 8.42 Å². The predicted octanol–water partition coefficient (Wildman–Crippen LogP) is 2.78. The molecule has 2 fully saturated rings. The average Bonchev–Trinajstić information content (AvgIpc) is 3.42. The monoisotopic (exact) mass is 501 g/mol. The van der Waals surface area contributed by atoms with Gasteiger partial charge in [0, 0.05) is 31.9 Å². The lowest BCUT2D eigenvalue weighted by Gasteiger charge is -2.31. The number of nitrogens with one attached hydrogen (secondary N) is 1. The van der Waals surface area contributed by atoms with E-state index in [1.807, 2.05) is 32.0 Å². The zero-order valence-electron chi connectivity index (χ0n) is 21.0. The van der Waals surface area contributed by atoms with Crippen LogP contribution in [0.2, 0.25) is 0 Å². The number of nitrogens with zero attached hydrogens (tertiary/aromatic N) is 4. The predicted molar refractivity (Wildman–Crippen MR) is 134 cm³/mol. The molecule has 0 saturated carbocycles. The first-order valence-corrected chi connectivity index (χ1v) is 13.7. The number of carbonyl (C=O) groups excluding carboxylic acids is 2. The fourth-order valence-electron chi connectivity index (χ4n) is 5.20. The van der Waals surface area contributed by atoms with Gasteiger partial charge in [0.25, 0.3) is 0 Å². The van der Waals surface area contributed by atoms with Crippen molar-refractivity contribution >= 4 is 27.5 Å². The van der Waals surface area contributed by atoms with Crippen molar-refractivity contribution in [1.82, 2.24) is 19.0 Å². The Morgan fingerprint density at radius 3 is 2.31 bits per heavy atom. The summed E-state index contributed by atoms with van der Waals surface area (Å²) < 4.78 is 30.2. The van der Waals surface area contributed by atoms with Crippen LogP contribution in [0.5, 0.6) is 0 Å². The molecule has 4 rings (SSSR count). The first kappa shape index (κ1) is 25.4. The summed E-state index contributed by atoms with van der Waals surface area (Å²) in [5.41, 5.74) is 3.66. The minimum atomic E-state index is -3.86. The maximum Gasteiger partial charge on any atom is 0.246 e. The highest BCUT2D eigenvalue weighted by molar-refractivity contribution is 7.89. The van der Waals surface area contributed by atoms with E-state index >= 15 is 0 Å². The molecule has 2 aliphatic heterocycles. The zero-order valence-corrected chi connectivity index (χ0v) is 21.8. The number of benzene rings is 1. The molecule has 2 saturated heterocycles. The van der Waals surface area contributed by atoms with E-state index in [1.165, 1.54) is 8.99 Å². The number of aryl methyl sites for hydroxylation is 3. The summed E-state index contributed by atoms with van der Waals surface area (Å²) in [6.07, 6.45) is 3.22. The second-order valence-electron chi connectivity index (χ2n) is 9.81. The van der Waals surface area contributed by atoms with Crippen molar-refractivity contribution in [1.29, 1.82) is 0 Å². The van der Waals surface area contributed by atoms with Crippen LogP contribution < -0.4 is 5.32 Å². The first-order chi connectivity index (χ1) is 16.6. The number of likely N-dealkylation sites (tertiary alicyclic amines) is 1. The Morgan fingerprint density at radius 2 is 1.66 bits per heavy atom. The van der Waals surface area contributed by atoms with E-state index in [9.17, 15) is 18.0 Å². The van der Waals surface area contributed by atoms with Gasteiger partial charge in [-0.15, -0.1) is 0 Å². The third kappa shape index (κ3) is 5.43. The zero-order chi connectivity index (χ0) is 25.3. The van der Waals surface area contributed by atoms with Crippen LogP contribution in [0.15, 0.2) is 23.1 Å². The number of hydrogen-bond acceptors (Lipinski definition) is 5. The van der Waals surface area contributed by atoms with Crippen LogP contribution in [-0.4, -0.2) is 65.4 Å². The van der Waals surface area contributed by atoms with Crippen molar-refractivity contribution in [2.24, 2.45) is 5.92 Å². The molecule has 2 aliphatic rings. The third-order valence-electron chi connectivity index (χ3n) is 6.90. The van der Waals surface area contributed by atoms with E-state index in [-0.39, 0.29) is 29.8 Å². The molecule has 0 unspecified atom stereocenters. The highest BCUT2D eigenvalue weighted by atomic mass is 32.2. The van der Waals surface area contributed by atoms with E-state index in [2.05, 4.69) is 10.4 Å². The molecular formula is C25H35N5O4S. The van der Waals surface area contributed by atoms with Gasteiger partial charge in [0.15, 0.2) is 0 Å². The average molecular weight is 502 g/mol. The van der Waals surface area contributed by atoms with E-state index in [0.717, 1.165) is 42.7 Å². The standard InChI is InChI=1S/C25H35N5O4S/c1-17-12-18(2)14-22(13-17)26-25(32)21-8-7-11-29(15-21)35(33,34)24-19(3)27-30(20(24)4)16-23(31)28-9-5-6-10-28/h12-14,21H,5-11,15-16H2,1-4H3,(H,26,32)/t21-/m1/s1. The van der Waals surface area contributed by atoms with Gasteiger partial charge in [-0.1, -0.05) is 6.07 Å². The lowest BCUT2D eigenvalue weighted by molar-refractivity contribution is -0.131. The summed E-state index contributed by atoms with van der Waals surface area (Å²) in [7, 11) is -3.86. The molecule has 3 heterocycles. The van der Waals surface area contributed by atoms with Crippen molar-refractivity contribution in [3.8, 4) is 0 Å². The van der Waals surface area contributed by atoms with E-state index < -0.39 is 15.9 Å². The third-order valence-corrected chi connectivity index (χ3v) is 9.02. The Kier molecular flexibility index (Phi) is 7.32.